The van der Waals surface area contributed by atoms with E-state index in [9.17, 15) is 9.59 Å². The lowest BCUT2D eigenvalue weighted by atomic mass is 10.1. The van der Waals surface area contributed by atoms with Crippen LogP contribution >= 0.6 is 0 Å². The number of fused-ring (bicyclic) bond motifs is 1. The Kier molecular flexibility index (Phi) is 6.65. The number of hydrogen-bond donors (Lipinski definition) is 2. The number of nitrogens with zero attached hydrogens (tertiary/aromatic N) is 4. The van der Waals surface area contributed by atoms with E-state index in [1.807, 2.05) is 65.3 Å². The standard InChI is InChI=1S/C29H32N6O2/c1-18(2)16-30-25-15-24(19-5-11-22(12-6-19)29(37)34(3)4)33-35-26(17-31-27(25)35)20-7-9-21(10-8-20)28(36)32-23-13-14-23/h5-12,15,17-18,23,30H,13-14,16H2,1-4H3,(H,32,36). The molecule has 0 saturated heterocycles. The normalized spacial score (nSPS) is 13.1. The molecule has 2 heterocycles. The zero-order valence-corrected chi connectivity index (χ0v) is 21.7. The first kappa shape index (κ1) is 24.5. The van der Waals surface area contributed by atoms with Crippen molar-refractivity contribution in [2.24, 2.45) is 5.92 Å². The molecule has 4 aromatic rings. The minimum Gasteiger partial charge on any atom is -0.382 e. The average Bonchev–Trinajstić information content (AvgIpc) is 3.61. The average molecular weight is 497 g/mol. The fourth-order valence-electron chi connectivity index (χ4n) is 4.08. The Morgan fingerprint density at radius 1 is 1.00 bits per heavy atom. The molecule has 8 nitrogen and oxygen atoms in total. The number of carbonyl (C=O) groups is 2. The monoisotopic (exact) mass is 496 g/mol. The van der Waals surface area contributed by atoms with E-state index < -0.39 is 0 Å². The second kappa shape index (κ2) is 10.0. The highest BCUT2D eigenvalue weighted by atomic mass is 16.2. The summed E-state index contributed by atoms with van der Waals surface area (Å²) in [5, 5.41) is 11.5. The Morgan fingerprint density at radius 2 is 1.65 bits per heavy atom. The number of hydrogen-bond acceptors (Lipinski definition) is 5. The Balaban J connectivity index is 1.52. The van der Waals surface area contributed by atoms with Crippen LogP contribution in [0.2, 0.25) is 0 Å². The number of rotatable bonds is 8. The van der Waals surface area contributed by atoms with Crippen molar-refractivity contribution in [1.29, 1.82) is 0 Å². The summed E-state index contributed by atoms with van der Waals surface area (Å²) in [5.41, 5.74) is 6.30. The highest BCUT2D eigenvalue weighted by molar-refractivity contribution is 5.95. The topological polar surface area (TPSA) is 91.6 Å². The van der Waals surface area contributed by atoms with Gasteiger partial charge in [-0.3, -0.25) is 9.59 Å². The molecule has 0 bridgehead atoms. The highest BCUT2D eigenvalue weighted by Crippen LogP contribution is 2.29. The molecule has 0 aliphatic heterocycles. The van der Waals surface area contributed by atoms with E-state index in [0.29, 0.717) is 23.1 Å². The molecule has 2 aromatic heterocycles. The SMILES string of the molecule is CC(C)CNc1cc(-c2ccc(C(=O)N(C)C)cc2)nn2c(-c3ccc(C(=O)NC4CC4)cc3)cnc12. The molecule has 190 valence electrons. The first-order valence-electron chi connectivity index (χ1n) is 12.7. The van der Waals surface area contributed by atoms with Crippen LogP contribution in [0.25, 0.3) is 28.2 Å². The van der Waals surface area contributed by atoms with Crippen LogP contribution in [0.4, 0.5) is 5.69 Å². The van der Waals surface area contributed by atoms with E-state index in [0.717, 1.165) is 53.2 Å². The predicted octanol–water partition coefficient (Wildman–Crippen LogP) is 4.73. The molecule has 0 radical (unpaired) electrons. The summed E-state index contributed by atoms with van der Waals surface area (Å²) < 4.78 is 1.84. The maximum absolute atomic E-state index is 12.4. The number of aromatic nitrogens is 3. The van der Waals surface area contributed by atoms with Crippen LogP contribution in [-0.4, -0.2) is 58.0 Å². The molecule has 2 amide bonds. The molecule has 5 rings (SSSR count). The van der Waals surface area contributed by atoms with Crippen LogP contribution in [0.3, 0.4) is 0 Å². The number of nitrogens with one attached hydrogen (secondary N) is 2. The molecule has 37 heavy (non-hydrogen) atoms. The Morgan fingerprint density at radius 3 is 2.27 bits per heavy atom. The summed E-state index contributed by atoms with van der Waals surface area (Å²) in [6.07, 6.45) is 3.92. The van der Waals surface area contributed by atoms with E-state index in [-0.39, 0.29) is 11.8 Å². The number of amides is 2. The molecular weight excluding hydrogens is 464 g/mol. The highest BCUT2D eigenvalue weighted by Gasteiger charge is 2.24. The number of carbonyl (C=O) groups excluding carboxylic acids is 2. The minimum absolute atomic E-state index is 0.0380. The van der Waals surface area contributed by atoms with Gasteiger partial charge in [0.2, 0.25) is 0 Å². The van der Waals surface area contributed by atoms with E-state index in [1.165, 1.54) is 0 Å². The zero-order chi connectivity index (χ0) is 26.1. The molecule has 1 fully saturated rings. The molecule has 0 unspecified atom stereocenters. The molecule has 1 saturated carbocycles. The fraction of sp³-hybridized carbons (Fsp3) is 0.310. The minimum atomic E-state index is -0.0413. The van der Waals surface area contributed by atoms with Gasteiger partial charge in [-0.25, -0.2) is 9.50 Å². The summed E-state index contributed by atoms with van der Waals surface area (Å²) in [6, 6.07) is 17.4. The second-order valence-electron chi connectivity index (χ2n) is 10.2. The summed E-state index contributed by atoms with van der Waals surface area (Å²) >= 11 is 0. The Bertz CT molecular complexity index is 1430. The van der Waals surface area contributed by atoms with Crippen molar-refractivity contribution < 1.29 is 9.59 Å². The molecule has 1 aliphatic carbocycles. The smallest absolute Gasteiger partial charge is 0.253 e. The largest absolute Gasteiger partial charge is 0.382 e. The molecule has 2 aromatic carbocycles. The lowest BCUT2D eigenvalue weighted by Crippen LogP contribution is -2.25. The van der Waals surface area contributed by atoms with E-state index in [1.54, 1.807) is 19.0 Å². The van der Waals surface area contributed by atoms with Gasteiger partial charge in [0.15, 0.2) is 5.65 Å². The second-order valence-corrected chi connectivity index (χ2v) is 10.2. The van der Waals surface area contributed by atoms with Gasteiger partial charge in [-0.1, -0.05) is 38.1 Å². The quantitative estimate of drug-likeness (QED) is 0.368. The third-order valence-corrected chi connectivity index (χ3v) is 6.36. The van der Waals surface area contributed by atoms with Gasteiger partial charge in [-0.15, -0.1) is 0 Å². The van der Waals surface area contributed by atoms with Gasteiger partial charge >= 0.3 is 0 Å². The van der Waals surface area contributed by atoms with Crippen molar-refractivity contribution in [3.05, 3.63) is 71.9 Å². The van der Waals surface area contributed by atoms with Crippen molar-refractivity contribution in [1.82, 2.24) is 24.8 Å². The number of imidazole rings is 1. The van der Waals surface area contributed by atoms with E-state index >= 15 is 0 Å². The van der Waals surface area contributed by atoms with Crippen LogP contribution in [-0.2, 0) is 0 Å². The van der Waals surface area contributed by atoms with Gasteiger partial charge in [0.1, 0.15) is 0 Å². The van der Waals surface area contributed by atoms with Crippen LogP contribution in [0.15, 0.2) is 60.8 Å². The van der Waals surface area contributed by atoms with Gasteiger partial charge in [0, 0.05) is 48.9 Å². The predicted molar refractivity (Wildman–Crippen MR) is 146 cm³/mol. The summed E-state index contributed by atoms with van der Waals surface area (Å²) in [5.74, 6) is 0.376. The maximum atomic E-state index is 12.4. The Hall–Kier alpha value is -4.20. The fourth-order valence-corrected chi connectivity index (χ4v) is 4.08. The van der Waals surface area contributed by atoms with Crippen molar-refractivity contribution in [3.8, 4) is 22.5 Å². The van der Waals surface area contributed by atoms with E-state index in [4.69, 9.17) is 5.10 Å². The van der Waals surface area contributed by atoms with Crippen molar-refractivity contribution in [2.75, 3.05) is 26.0 Å². The summed E-state index contributed by atoms with van der Waals surface area (Å²) in [7, 11) is 3.48. The molecule has 0 spiro atoms. The molecule has 2 N–H and O–H groups in total. The Labute approximate surface area is 216 Å². The molecule has 1 aliphatic rings. The first-order chi connectivity index (χ1) is 17.8. The van der Waals surface area contributed by atoms with E-state index in [2.05, 4.69) is 29.5 Å². The van der Waals surface area contributed by atoms with Crippen molar-refractivity contribution in [2.45, 2.75) is 32.7 Å². The van der Waals surface area contributed by atoms with Gasteiger partial charge in [0.05, 0.1) is 23.3 Å². The van der Waals surface area contributed by atoms with Crippen LogP contribution in [0, 0.1) is 5.92 Å². The summed E-state index contributed by atoms with van der Waals surface area (Å²) in [4.78, 5) is 31.0. The van der Waals surface area contributed by atoms with Crippen LogP contribution in [0.5, 0.6) is 0 Å². The van der Waals surface area contributed by atoms with Gasteiger partial charge in [-0.2, -0.15) is 5.10 Å². The number of anilines is 1. The molecule has 8 heteroatoms. The van der Waals surface area contributed by atoms with Crippen molar-refractivity contribution in [3.63, 3.8) is 0 Å². The van der Waals surface area contributed by atoms with Crippen molar-refractivity contribution >= 4 is 23.1 Å². The first-order valence-corrected chi connectivity index (χ1v) is 12.7. The van der Waals surface area contributed by atoms with Gasteiger partial charge < -0.3 is 15.5 Å². The third kappa shape index (κ3) is 5.33. The molecule has 0 atom stereocenters. The van der Waals surface area contributed by atoms with Crippen LogP contribution in [0.1, 0.15) is 47.4 Å². The maximum Gasteiger partial charge on any atom is 0.253 e. The van der Waals surface area contributed by atoms with Gasteiger partial charge in [0.25, 0.3) is 11.8 Å². The molecular formula is C29H32N6O2. The summed E-state index contributed by atoms with van der Waals surface area (Å²) in [6.45, 7) is 5.11. The number of benzene rings is 2. The lowest BCUT2D eigenvalue weighted by Gasteiger charge is -2.13. The zero-order valence-electron chi connectivity index (χ0n) is 21.7. The lowest BCUT2D eigenvalue weighted by molar-refractivity contribution is 0.0827. The van der Waals surface area contributed by atoms with Gasteiger partial charge in [-0.05, 0) is 49.1 Å². The van der Waals surface area contributed by atoms with Crippen LogP contribution < -0.4 is 10.6 Å². The third-order valence-electron chi connectivity index (χ3n) is 6.36.